The highest BCUT2D eigenvalue weighted by atomic mass is 16.5. The van der Waals surface area contributed by atoms with Crippen molar-refractivity contribution in [2.24, 2.45) is 5.92 Å². The maximum atomic E-state index is 5.54. The van der Waals surface area contributed by atoms with Gasteiger partial charge in [-0.1, -0.05) is 45.9 Å². The second-order valence-corrected chi connectivity index (χ2v) is 5.07. The molecular weight excluding hydrogens is 196 g/mol. The van der Waals surface area contributed by atoms with Gasteiger partial charge in [0, 0.05) is 0 Å². The number of benzene rings is 1. The van der Waals surface area contributed by atoms with Crippen LogP contribution >= 0.6 is 0 Å². The van der Waals surface area contributed by atoms with Gasteiger partial charge in [-0.2, -0.15) is 0 Å². The molecule has 0 amide bonds. The molecule has 0 bridgehead atoms. The average molecular weight is 216 g/mol. The molecule has 2 rings (SSSR count). The summed E-state index contributed by atoms with van der Waals surface area (Å²) in [4.78, 5) is 0. The molecule has 1 heteroatoms. The Morgan fingerprint density at radius 1 is 1.06 bits per heavy atom. The molecule has 1 nitrogen and oxygen atoms in total. The molecular formula is C15H20O. The predicted molar refractivity (Wildman–Crippen MR) is 68.1 cm³/mol. The molecule has 86 valence electrons. The van der Waals surface area contributed by atoms with Crippen molar-refractivity contribution in [2.75, 3.05) is 0 Å². The number of allylic oxidation sites excluding steroid dienone is 1. The van der Waals surface area contributed by atoms with Gasteiger partial charge < -0.3 is 4.74 Å². The van der Waals surface area contributed by atoms with Gasteiger partial charge in [-0.05, 0) is 34.1 Å². The van der Waals surface area contributed by atoms with Gasteiger partial charge in [0.25, 0.3) is 0 Å². The minimum absolute atomic E-state index is 0.513. The van der Waals surface area contributed by atoms with Crippen LogP contribution in [0.1, 0.15) is 50.3 Å². The van der Waals surface area contributed by atoms with E-state index in [0.717, 1.165) is 0 Å². The van der Waals surface area contributed by atoms with Crippen LogP contribution in [0.2, 0.25) is 0 Å². The molecule has 0 atom stereocenters. The first kappa shape index (κ1) is 11.3. The Labute approximate surface area is 98.1 Å². The van der Waals surface area contributed by atoms with Crippen molar-refractivity contribution < 1.29 is 4.74 Å². The van der Waals surface area contributed by atoms with Gasteiger partial charge in [0.15, 0.2) is 0 Å². The Balaban J connectivity index is 2.59. The number of fused-ring (bicyclic) bond motifs is 1. The third kappa shape index (κ3) is 1.87. The quantitative estimate of drug-likeness (QED) is 0.714. The molecule has 1 aromatic rings. The van der Waals surface area contributed by atoms with Crippen molar-refractivity contribution >= 4 is 5.57 Å². The van der Waals surface area contributed by atoms with Gasteiger partial charge in [-0.25, -0.2) is 0 Å². The van der Waals surface area contributed by atoms with E-state index in [1.165, 1.54) is 22.3 Å². The lowest BCUT2D eigenvalue weighted by Gasteiger charge is -2.25. The Bertz CT molecular complexity index is 413. The van der Waals surface area contributed by atoms with E-state index in [9.17, 15) is 0 Å². The predicted octanol–water partition coefficient (Wildman–Crippen LogP) is 4.34. The summed E-state index contributed by atoms with van der Waals surface area (Å²) in [6, 6.07) is 6.56. The molecule has 0 fully saturated rings. The molecule has 0 radical (unpaired) electrons. The van der Waals surface area contributed by atoms with Gasteiger partial charge in [0.1, 0.15) is 6.61 Å². The lowest BCUT2D eigenvalue weighted by molar-refractivity contribution is 0.230. The normalized spacial score (nSPS) is 14.8. The molecule has 0 N–H and O–H groups in total. The molecule has 1 aromatic carbocycles. The molecule has 0 saturated heterocycles. The van der Waals surface area contributed by atoms with Gasteiger partial charge in [-0.15, -0.1) is 0 Å². The van der Waals surface area contributed by atoms with E-state index in [-0.39, 0.29) is 0 Å². The molecule has 1 heterocycles. The molecule has 1 aliphatic rings. The third-order valence-electron chi connectivity index (χ3n) is 3.16. The van der Waals surface area contributed by atoms with Crippen molar-refractivity contribution in [3.63, 3.8) is 0 Å². The van der Waals surface area contributed by atoms with Crippen LogP contribution in [0.4, 0.5) is 0 Å². The van der Waals surface area contributed by atoms with Crippen LogP contribution in [0.3, 0.4) is 0 Å². The first-order valence-corrected chi connectivity index (χ1v) is 6.05. The van der Waals surface area contributed by atoms with E-state index < -0.39 is 0 Å². The summed E-state index contributed by atoms with van der Waals surface area (Å²) in [7, 11) is 0. The summed E-state index contributed by atoms with van der Waals surface area (Å²) in [6.45, 7) is 9.67. The Morgan fingerprint density at radius 2 is 1.81 bits per heavy atom. The molecule has 0 spiro atoms. The zero-order valence-corrected chi connectivity index (χ0v) is 10.6. The zero-order valence-electron chi connectivity index (χ0n) is 10.6. The third-order valence-corrected chi connectivity index (χ3v) is 3.16. The second-order valence-electron chi connectivity index (χ2n) is 5.07. The first-order chi connectivity index (χ1) is 7.61. The Hall–Kier alpha value is -1.24. The molecule has 0 aromatic heterocycles. The Morgan fingerprint density at radius 3 is 2.44 bits per heavy atom. The molecule has 0 aliphatic carbocycles. The summed E-state index contributed by atoms with van der Waals surface area (Å²) in [6.07, 6.45) is 1.94. The highest BCUT2D eigenvalue weighted by Gasteiger charge is 2.20. The lowest BCUT2D eigenvalue weighted by Crippen LogP contribution is -2.09. The maximum Gasteiger partial charge on any atom is 0.113 e. The number of hydrogen-bond donors (Lipinski definition) is 0. The zero-order chi connectivity index (χ0) is 11.7. The standard InChI is InChI=1S/C15H20O/c1-10(2)13-7-5-6-12-8-16-9-14(11(3)4)15(12)13/h5-7,9-11H,8H2,1-4H3. The van der Waals surface area contributed by atoms with Gasteiger partial charge in [0.05, 0.1) is 6.26 Å². The molecule has 0 unspecified atom stereocenters. The largest absolute Gasteiger partial charge is 0.496 e. The van der Waals surface area contributed by atoms with Crippen LogP contribution in [0.25, 0.3) is 5.57 Å². The van der Waals surface area contributed by atoms with Crippen LogP contribution < -0.4 is 0 Å². The van der Waals surface area contributed by atoms with E-state index in [2.05, 4.69) is 45.9 Å². The van der Waals surface area contributed by atoms with E-state index in [1.807, 2.05) is 6.26 Å². The minimum Gasteiger partial charge on any atom is -0.496 e. The van der Waals surface area contributed by atoms with Crippen molar-refractivity contribution in [1.29, 1.82) is 0 Å². The summed E-state index contributed by atoms with van der Waals surface area (Å²) in [5.41, 5.74) is 5.54. The first-order valence-electron chi connectivity index (χ1n) is 6.05. The summed E-state index contributed by atoms with van der Waals surface area (Å²) in [5.74, 6) is 1.08. The van der Waals surface area contributed by atoms with Gasteiger partial charge >= 0.3 is 0 Å². The van der Waals surface area contributed by atoms with Crippen molar-refractivity contribution in [3.8, 4) is 0 Å². The highest BCUT2D eigenvalue weighted by molar-refractivity contribution is 5.73. The summed E-state index contributed by atoms with van der Waals surface area (Å²) in [5, 5.41) is 0. The smallest absolute Gasteiger partial charge is 0.113 e. The SMILES string of the molecule is CC(C)C1=COCc2cccc(C(C)C)c21. The average Bonchev–Trinajstić information content (AvgIpc) is 2.27. The van der Waals surface area contributed by atoms with E-state index in [4.69, 9.17) is 4.74 Å². The number of ether oxygens (including phenoxy) is 1. The molecule has 1 aliphatic heterocycles. The number of rotatable bonds is 2. The fraction of sp³-hybridized carbons (Fsp3) is 0.467. The maximum absolute atomic E-state index is 5.54. The van der Waals surface area contributed by atoms with E-state index in [1.54, 1.807) is 0 Å². The van der Waals surface area contributed by atoms with Crippen molar-refractivity contribution in [2.45, 2.75) is 40.2 Å². The topological polar surface area (TPSA) is 9.23 Å². The second kappa shape index (κ2) is 4.32. The van der Waals surface area contributed by atoms with Gasteiger partial charge in [-0.3, -0.25) is 0 Å². The molecule has 16 heavy (non-hydrogen) atoms. The fourth-order valence-electron chi connectivity index (χ4n) is 2.28. The Kier molecular flexibility index (Phi) is 3.04. The van der Waals surface area contributed by atoms with Crippen LogP contribution in [0.5, 0.6) is 0 Å². The van der Waals surface area contributed by atoms with Crippen LogP contribution in [-0.2, 0) is 11.3 Å². The van der Waals surface area contributed by atoms with Crippen LogP contribution in [0, 0.1) is 5.92 Å². The number of hydrogen-bond acceptors (Lipinski definition) is 1. The lowest BCUT2D eigenvalue weighted by atomic mass is 9.84. The summed E-state index contributed by atoms with van der Waals surface area (Å²) < 4.78 is 5.54. The van der Waals surface area contributed by atoms with E-state index in [0.29, 0.717) is 18.4 Å². The van der Waals surface area contributed by atoms with Gasteiger partial charge in [0.2, 0.25) is 0 Å². The van der Waals surface area contributed by atoms with Crippen LogP contribution in [0.15, 0.2) is 24.5 Å². The monoisotopic (exact) mass is 216 g/mol. The van der Waals surface area contributed by atoms with E-state index >= 15 is 0 Å². The summed E-state index contributed by atoms with van der Waals surface area (Å²) >= 11 is 0. The van der Waals surface area contributed by atoms with Crippen molar-refractivity contribution in [1.82, 2.24) is 0 Å². The highest BCUT2D eigenvalue weighted by Crippen LogP contribution is 2.36. The minimum atomic E-state index is 0.513. The van der Waals surface area contributed by atoms with Crippen molar-refractivity contribution in [3.05, 3.63) is 41.2 Å². The van der Waals surface area contributed by atoms with Crippen LogP contribution in [-0.4, -0.2) is 0 Å². The molecule has 0 saturated carbocycles. The fourth-order valence-corrected chi connectivity index (χ4v) is 2.28.